The molecule has 0 aliphatic heterocycles. The van der Waals surface area contributed by atoms with Gasteiger partial charge in [-0.05, 0) is 17.7 Å². The molecule has 1 rings (SSSR count). The van der Waals surface area contributed by atoms with Crippen molar-refractivity contribution in [2.75, 3.05) is 19.4 Å². The summed E-state index contributed by atoms with van der Waals surface area (Å²) in [6, 6.07) is 6.96. The number of nitrogens with one attached hydrogen (secondary N) is 1. The smallest absolute Gasteiger partial charge is 0.326 e. The summed E-state index contributed by atoms with van der Waals surface area (Å²) in [5, 5.41) is 6.20. The maximum absolute atomic E-state index is 11.1. The van der Waals surface area contributed by atoms with Gasteiger partial charge >= 0.3 is 6.09 Å². The molecule has 0 saturated heterocycles. The molecule has 0 atom stereocenters. The molecule has 0 aromatic heterocycles. The van der Waals surface area contributed by atoms with Crippen molar-refractivity contribution in [3.8, 4) is 0 Å². The average Bonchev–Trinajstić information content (AvgIpc) is 2.30. The van der Waals surface area contributed by atoms with E-state index in [1.54, 1.807) is 38.4 Å². The van der Waals surface area contributed by atoms with Crippen LogP contribution in [0.25, 0.3) is 0 Å². The van der Waals surface area contributed by atoms with Gasteiger partial charge in [0.15, 0.2) is 0 Å². The highest BCUT2D eigenvalue weighted by molar-refractivity contribution is 5.89. The minimum Gasteiger partial charge on any atom is -0.326 e. The minimum absolute atomic E-state index is 0.128. The zero-order chi connectivity index (χ0) is 13.5. The Balaban J connectivity index is 2.55. The topological polar surface area (TPSA) is 71.0 Å². The Hall–Kier alpha value is -2.37. The molecule has 1 aromatic rings. The van der Waals surface area contributed by atoms with Crippen LogP contribution in [0, 0.1) is 0 Å². The quantitative estimate of drug-likeness (QED) is 0.503. The molecule has 0 radical (unpaired) electrons. The number of hydrogen-bond donors (Lipinski definition) is 1. The number of hydrogen-bond acceptors (Lipinski definition) is 4. The molecule has 0 aliphatic rings. The van der Waals surface area contributed by atoms with E-state index in [0.717, 1.165) is 5.56 Å². The Morgan fingerprint density at radius 1 is 1.28 bits per heavy atom. The Morgan fingerprint density at radius 3 is 2.39 bits per heavy atom. The van der Waals surface area contributed by atoms with Crippen LogP contribution in [0.2, 0.25) is 0 Å². The molecule has 6 heteroatoms. The molecule has 0 saturated carbocycles. The normalized spacial score (nSPS) is 10.2. The Labute approximate surface area is 105 Å². The lowest BCUT2D eigenvalue weighted by Crippen LogP contribution is -2.20. The maximum Gasteiger partial charge on any atom is 0.435 e. The number of rotatable bonds is 3. The Bertz CT molecular complexity index is 452. The molecule has 1 N–H and O–H groups in total. The van der Waals surface area contributed by atoms with Crippen LogP contribution in [0.3, 0.4) is 0 Å². The van der Waals surface area contributed by atoms with Gasteiger partial charge in [0.2, 0.25) is 5.91 Å². The molecule has 1 aromatic carbocycles. The first-order chi connectivity index (χ1) is 8.49. The number of carbonyl (C=O) groups excluding carboxylic acids is 2. The molecular weight excluding hydrogens is 234 g/mol. The standard InChI is InChI=1S/C12H15N3O3/c1-9(16)14-11-6-4-10(5-7-11)8-13-18-12(17)15(2)3/h4-8H,1-3H3,(H,14,16). The monoisotopic (exact) mass is 249 g/mol. The van der Waals surface area contributed by atoms with Crippen molar-refractivity contribution in [1.29, 1.82) is 0 Å². The summed E-state index contributed by atoms with van der Waals surface area (Å²) in [5.74, 6) is -0.128. The molecule has 0 bridgehead atoms. The van der Waals surface area contributed by atoms with E-state index in [-0.39, 0.29) is 5.91 Å². The predicted molar refractivity (Wildman–Crippen MR) is 68.5 cm³/mol. The van der Waals surface area contributed by atoms with Gasteiger partial charge in [-0.15, -0.1) is 0 Å². The summed E-state index contributed by atoms with van der Waals surface area (Å²) >= 11 is 0. The lowest BCUT2D eigenvalue weighted by molar-refractivity contribution is -0.114. The molecule has 0 heterocycles. The Morgan fingerprint density at radius 2 is 1.89 bits per heavy atom. The summed E-state index contributed by atoms with van der Waals surface area (Å²) in [7, 11) is 3.14. The van der Waals surface area contributed by atoms with E-state index in [4.69, 9.17) is 0 Å². The molecule has 0 spiro atoms. The maximum atomic E-state index is 11.1. The van der Waals surface area contributed by atoms with Crippen molar-refractivity contribution in [3.05, 3.63) is 29.8 Å². The average molecular weight is 249 g/mol. The van der Waals surface area contributed by atoms with E-state index >= 15 is 0 Å². The van der Waals surface area contributed by atoms with E-state index in [2.05, 4.69) is 15.3 Å². The van der Waals surface area contributed by atoms with Gasteiger partial charge in [-0.2, -0.15) is 0 Å². The van der Waals surface area contributed by atoms with Crippen LogP contribution in [0.5, 0.6) is 0 Å². The van der Waals surface area contributed by atoms with E-state index in [1.165, 1.54) is 18.0 Å². The highest BCUT2D eigenvalue weighted by Gasteiger charge is 2.02. The van der Waals surface area contributed by atoms with Crippen molar-refractivity contribution in [2.45, 2.75) is 6.92 Å². The highest BCUT2D eigenvalue weighted by atomic mass is 16.7. The molecule has 18 heavy (non-hydrogen) atoms. The summed E-state index contributed by atoms with van der Waals surface area (Å²) in [4.78, 5) is 27.7. The van der Waals surface area contributed by atoms with Crippen LogP contribution >= 0.6 is 0 Å². The molecule has 0 fully saturated rings. The van der Waals surface area contributed by atoms with Gasteiger partial charge in [0, 0.05) is 26.7 Å². The van der Waals surface area contributed by atoms with E-state index in [1.807, 2.05) is 0 Å². The number of oxime groups is 1. The lowest BCUT2D eigenvalue weighted by Gasteiger charge is -2.05. The second kappa shape index (κ2) is 6.39. The fourth-order valence-corrected chi connectivity index (χ4v) is 1.07. The molecule has 2 amide bonds. The van der Waals surface area contributed by atoms with Crippen LogP contribution in [0.1, 0.15) is 12.5 Å². The fourth-order valence-electron chi connectivity index (χ4n) is 1.07. The van der Waals surface area contributed by atoms with Crippen LogP contribution in [0.15, 0.2) is 29.4 Å². The van der Waals surface area contributed by atoms with Gasteiger partial charge in [-0.25, -0.2) is 4.79 Å². The lowest BCUT2D eigenvalue weighted by atomic mass is 10.2. The third kappa shape index (κ3) is 4.65. The molecule has 96 valence electrons. The van der Waals surface area contributed by atoms with Crippen molar-refractivity contribution in [2.24, 2.45) is 5.16 Å². The van der Waals surface area contributed by atoms with Gasteiger partial charge in [-0.1, -0.05) is 17.3 Å². The highest BCUT2D eigenvalue weighted by Crippen LogP contribution is 2.08. The van der Waals surface area contributed by atoms with E-state index < -0.39 is 6.09 Å². The summed E-state index contributed by atoms with van der Waals surface area (Å²) in [5.41, 5.74) is 1.46. The number of nitrogens with zero attached hydrogens (tertiary/aromatic N) is 2. The third-order valence-electron chi connectivity index (χ3n) is 1.93. The van der Waals surface area contributed by atoms with Gasteiger partial charge in [0.25, 0.3) is 0 Å². The number of amides is 2. The van der Waals surface area contributed by atoms with Crippen molar-refractivity contribution >= 4 is 23.9 Å². The van der Waals surface area contributed by atoms with Crippen LogP contribution in [0.4, 0.5) is 10.5 Å². The Kier molecular flexibility index (Phi) is 4.86. The second-order valence-electron chi connectivity index (χ2n) is 3.79. The summed E-state index contributed by atoms with van der Waals surface area (Å²) in [6.07, 6.45) is 0.875. The first kappa shape index (κ1) is 13.7. The van der Waals surface area contributed by atoms with E-state index in [0.29, 0.717) is 5.69 Å². The third-order valence-corrected chi connectivity index (χ3v) is 1.93. The van der Waals surface area contributed by atoms with Gasteiger partial charge in [-0.3, -0.25) is 9.63 Å². The molecular formula is C12H15N3O3. The first-order valence-electron chi connectivity index (χ1n) is 5.28. The molecule has 0 aliphatic carbocycles. The molecule has 6 nitrogen and oxygen atoms in total. The van der Waals surface area contributed by atoms with Crippen LogP contribution in [-0.2, 0) is 9.63 Å². The SMILES string of the molecule is CC(=O)Nc1ccc(C=NOC(=O)N(C)C)cc1. The minimum atomic E-state index is -0.541. The zero-order valence-electron chi connectivity index (χ0n) is 10.5. The first-order valence-corrected chi connectivity index (χ1v) is 5.28. The van der Waals surface area contributed by atoms with Crippen molar-refractivity contribution < 1.29 is 14.4 Å². The van der Waals surface area contributed by atoms with Gasteiger partial charge < -0.3 is 10.2 Å². The fraction of sp³-hybridized carbons (Fsp3) is 0.250. The van der Waals surface area contributed by atoms with Crippen molar-refractivity contribution in [1.82, 2.24) is 4.90 Å². The summed E-state index contributed by atoms with van der Waals surface area (Å²) < 4.78 is 0. The van der Waals surface area contributed by atoms with Crippen LogP contribution in [-0.4, -0.2) is 37.2 Å². The van der Waals surface area contributed by atoms with Crippen LogP contribution < -0.4 is 5.32 Å². The second-order valence-corrected chi connectivity index (χ2v) is 3.79. The summed E-state index contributed by atoms with van der Waals surface area (Å²) in [6.45, 7) is 1.44. The van der Waals surface area contributed by atoms with Gasteiger partial charge in [0.1, 0.15) is 0 Å². The molecule has 0 unspecified atom stereocenters. The predicted octanol–water partition coefficient (Wildman–Crippen LogP) is 1.68. The van der Waals surface area contributed by atoms with Crippen molar-refractivity contribution in [3.63, 3.8) is 0 Å². The number of anilines is 1. The number of benzene rings is 1. The number of carbonyl (C=O) groups is 2. The van der Waals surface area contributed by atoms with Gasteiger partial charge in [0.05, 0.1) is 6.21 Å². The zero-order valence-corrected chi connectivity index (χ0v) is 10.5. The largest absolute Gasteiger partial charge is 0.435 e. The van der Waals surface area contributed by atoms with E-state index in [9.17, 15) is 9.59 Å².